The van der Waals surface area contributed by atoms with Crippen molar-refractivity contribution in [2.24, 2.45) is 0 Å². The van der Waals surface area contributed by atoms with Gasteiger partial charge in [-0.15, -0.1) is 0 Å². The van der Waals surface area contributed by atoms with Gasteiger partial charge >= 0.3 is 0 Å². The number of ether oxygens (including phenoxy) is 4. The van der Waals surface area contributed by atoms with Gasteiger partial charge in [0.25, 0.3) is 0 Å². The van der Waals surface area contributed by atoms with Crippen molar-refractivity contribution in [3.05, 3.63) is 36.4 Å². The standard InChI is InChI=1S/C16H18O6/c1-17-13-7-5-11(9-15(13)19-3)21-22-12-6-8-14(18-2)16(10-12)20-4/h5-10H,1-4H3. The molecule has 0 radical (unpaired) electrons. The SMILES string of the molecule is COc1ccc(OOc2ccc(OC)c(OC)c2)cc1OC. The van der Waals surface area contributed by atoms with Crippen molar-refractivity contribution in [3.63, 3.8) is 0 Å². The van der Waals surface area contributed by atoms with E-state index in [4.69, 9.17) is 28.7 Å². The fourth-order valence-corrected chi connectivity index (χ4v) is 1.83. The van der Waals surface area contributed by atoms with E-state index in [2.05, 4.69) is 0 Å². The van der Waals surface area contributed by atoms with E-state index < -0.39 is 0 Å². The van der Waals surface area contributed by atoms with Gasteiger partial charge in [0.1, 0.15) is 0 Å². The Hall–Kier alpha value is -2.76. The summed E-state index contributed by atoms with van der Waals surface area (Å²) in [6, 6.07) is 10.2. The minimum absolute atomic E-state index is 0.479. The highest BCUT2D eigenvalue weighted by Crippen LogP contribution is 2.33. The van der Waals surface area contributed by atoms with E-state index in [1.165, 1.54) is 0 Å². The zero-order valence-corrected chi connectivity index (χ0v) is 12.9. The van der Waals surface area contributed by atoms with Gasteiger partial charge in [0, 0.05) is 12.1 Å². The molecule has 6 nitrogen and oxygen atoms in total. The molecule has 0 fully saturated rings. The van der Waals surface area contributed by atoms with Crippen molar-refractivity contribution >= 4 is 0 Å². The topological polar surface area (TPSA) is 55.4 Å². The maximum Gasteiger partial charge on any atom is 0.182 e. The van der Waals surface area contributed by atoms with Gasteiger partial charge in [-0.2, -0.15) is 0 Å². The molecule has 0 N–H and O–H groups in total. The molecule has 22 heavy (non-hydrogen) atoms. The molecule has 0 aliphatic carbocycles. The number of methoxy groups -OCH3 is 4. The third-order valence-electron chi connectivity index (χ3n) is 2.94. The van der Waals surface area contributed by atoms with Gasteiger partial charge in [-0.25, -0.2) is 0 Å². The van der Waals surface area contributed by atoms with E-state index in [1.807, 2.05) is 0 Å². The molecule has 2 rings (SSSR count). The molecule has 2 aromatic carbocycles. The molecule has 118 valence electrons. The Balaban J connectivity index is 2.09. The Morgan fingerprint density at radius 2 is 0.864 bits per heavy atom. The van der Waals surface area contributed by atoms with Crippen LogP contribution in [-0.2, 0) is 0 Å². The average Bonchev–Trinajstić information content (AvgIpc) is 2.59. The number of hydrogen-bond acceptors (Lipinski definition) is 6. The quantitative estimate of drug-likeness (QED) is 0.579. The second-order valence-electron chi connectivity index (χ2n) is 4.20. The van der Waals surface area contributed by atoms with Gasteiger partial charge in [-0.1, -0.05) is 0 Å². The molecule has 0 saturated heterocycles. The first-order valence-corrected chi connectivity index (χ1v) is 6.50. The van der Waals surface area contributed by atoms with E-state index in [-0.39, 0.29) is 0 Å². The Kier molecular flexibility index (Phi) is 5.19. The fraction of sp³-hybridized carbons (Fsp3) is 0.250. The summed E-state index contributed by atoms with van der Waals surface area (Å²) in [7, 11) is 6.24. The highest BCUT2D eigenvalue weighted by atomic mass is 17.2. The molecule has 6 heteroatoms. The third-order valence-corrected chi connectivity index (χ3v) is 2.94. The summed E-state index contributed by atoms with van der Waals surface area (Å²) in [6.45, 7) is 0. The van der Waals surface area contributed by atoms with E-state index in [1.54, 1.807) is 64.8 Å². The lowest BCUT2D eigenvalue weighted by Crippen LogP contribution is -2.01. The van der Waals surface area contributed by atoms with Crippen molar-refractivity contribution in [1.82, 2.24) is 0 Å². The Bertz CT molecular complexity index is 571. The van der Waals surface area contributed by atoms with Crippen molar-refractivity contribution in [2.45, 2.75) is 0 Å². The van der Waals surface area contributed by atoms with Crippen molar-refractivity contribution < 1.29 is 28.7 Å². The Morgan fingerprint density at radius 1 is 0.500 bits per heavy atom. The van der Waals surface area contributed by atoms with E-state index in [0.717, 1.165) is 0 Å². The highest BCUT2D eigenvalue weighted by Gasteiger charge is 2.09. The maximum absolute atomic E-state index is 5.28. The van der Waals surface area contributed by atoms with E-state index in [0.29, 0.717) is 34.5 Å². The van der Waals surface area contributed by atoms with Crippen LogP contribution >= 0.6 is 0 Å². The smallest absolute Gasteiger partial charge is 0.182 e. The summed E-state index contributed by atoms with van der Waals surface area (Å²) < 4.78 is 20.7. The molecule has 0 aliphatic heterocycles. The number of benzene rings is 2. The van der Waals surface area contributed by atoms with Crippen LogP contribution in [0, 0.1) is 0 Å². The van der Waals surface area contributed by atoms with Crippen molar-refractivity contribution in [3.8, 4) is 34.5 Å². The van der Waals surface area contributed by atoms with Crippen LogP contribution in [0.1, 0.15) is 0 Å². The molecule has 0 unspecified atom stereocenters. The predicted molar refractivity (Wildman–Crippen MR) is 80.3 cm³/mol. The summed E-state index contributed by atoms with van der Waals surface area (Å²) in [5.74, 6) is 3.29. The van der Waals surface area contributed by atoms with E-state index >= 15 is 0 Å². The summed E-state index contributed by atoms with van der Waals surface area (Å²) in [5.41, 5.74) is 0. The van der Waals surface area contributed by atoms with Gasteiger partial charge in [-0.05, 0) is 24.3 Å². The molecule has 0 atom stereocenters. The molecule has 0 saturated carbocycles. The van der Waals surface area contributed by atoms with Crippen LogP contribution in [0.25, 0.3) is 0 Å². The minimum Gasteiger partial charge on any atom is -0.493 e. The van der Waals surface area contributed by atoms with Crippen LogP contribution in [0.2, 0.25) is 0 Å². The first kappa shape index (κ1) is 15.6. The molecule has 0 bridgehead atoms. The zero-order chi connectivity index (χ0) is 15.9. The second-order valence-corrected chi connectivity index (χ2v) is 4.20. The first-order valence-electron chi connectivity index (χ1n) is 6.50. The minimum atomic E-state index is 0.479. The maximum atomic E-state index is 5.28. The molecule has 0 aliphatic rings. The monoisotopic (exact) mass is 306 g/mol. The van der Waals surface area contributed by atoms with Gasteiger partial charge < -0.3 is 18.9 Å². The molecule has 2 aromatic rings. The molecular formula is C16H18O6. The summed E-state index contributed by atoms with van der Waals surface area (Å²) >= 11 is 0. The molecule has 0 aromatic heterocycles. The lowest BCUT2D eigenvalue weighted by molar-refractivity contribution is -0.100. The molecule has 0 spiro atoms. The van der Waals surface area contributed by atoms with Gasteiger partial charge in [0.2, 0.25) is 0 Å². The molecule has 0 heterocycles. The van der Waals surface area contributed by atoms with Crippen LogP contribution in [0.15, 0.2) is 36.4 Å². The van der Waals surface area contributed by atoms with Crippen molar-refractivity contribution in [1.29, 1.82) is 0 Å². The van der Waals surface area contributed by atoms with Crippen LogP contribution in [0.4, 0.5) is 0 Å². The largest absolute Gasteiger partial charge is 0.493 e. The van der Waals surface area contributed by atoms with Crippen LogP contribution in [0.5, 0.6) is 34.5 Å². The lowest BCUT2D eigenvalue weighted by atomic mass is 10.3. The fourth-order valence-electron chi connectivity index (χ4n) is 1.83. The molecular weight excluding hydrogens is 288 g/mol. The number of hydrogen-bond donors (Lipinski definition) is 0. The van der Waals surface area contributed by atoms with E-state index in [9.17, 15) is 0 Å². The Morgan fingerprint density at radius 3 is 1.18 bits per heavy atom. The molecule has 0 amide bonds. The van der Waals surface area contributed by atoms with Crippen LogP contribution in [0.3, 0.4) is 0 Å². The van der Waals surface area contributed by atoms with Gasteiger partial charge in [-0.3, -0.25) is 9.78 Å². The van der Waals surface area contributed by atoms with Crippen LogP contribution in [-0.4, -0.2) is 28.4 Å². The summed E-state index contributed by atoms with van der Waals surface area (Å²) in [4.78, 5) is 10.6. The second kappa shape index (κ2) is 7.31. The predicted octanol–water partition coefficient (Wildman–Crippen LogP) is 3.09. The van der Waals surface area contributed by atoms with Gasteiger partial charge in [0.15, 0.2) is 34.5 Å². The Labute approximate surface area is 129 Å². The average molecular weight is 306 g/mol. The first-order chi connectivity index (χ1) is 10.7. The zero-order valence-electron chi connectivity index (χ0n) is 12.9. The lowest BCUT2D eigenvalue weighted by Gasteiger charge is -2.11. The summed E-state index contributed by atoms with van der Waals surface area (Å²) in [6.07, 6.45) is 0. The normalized spacial score (nSPS) is 9.82. The van der Waals surface area contributed by atoms with Crippen molar-refractivity contribution in [2.75, 3.05) is 28.4 Å². The summed E-state index contributed by atoms with van der Waals surface area (Å²) in [5, 5.41) is 0. The van der Waals surface area contributed by atoms with Crippen LogP contribution < -0.4 is 28.7 Å². The third kappa shape index (κ3) is 3.46. The highest BCUT2D eigenvalue weighted by molar-refractivity contribution is 5.46. The number of rotatable bonds is 7. The van der Waals surface area contributed by atoms with Gasteiger partial charge in [0.05, 0.1) is 28.4 Å².